The normalized spacial score (nSPS) is 15.9. The predicted octanol–water partition coefficient (Wildman–Crippen LogP) is 7.21. The lowest BCUT2D eigenvalue weighted by molar-refractivity contribution is -0.128. The van der Waals surface area contributed by atoms with Gasteiger partial charge in [-0.05, 0) is 41.0 Å². The van der Waals surface area contributed by atoms with Gasteiger partial charge in [0.1, 0.15) is 11.8 Å². The highest BCUT2D eigenvalue weighted by Gasteiger charge is 2.40. The summed E-state index contributed by atoms with van der Waals surface area (Å²) in [6.07, 6.45) is 0.532. The van der Waals surface area contributed by atoms with Crippen molar-refractivity contribution in [3.63, 3.8) is 0 Å². The first kappa shape index (κ1) is 22.1. The molecule has 0 saturated carbocycles. The van der Waals surface area contributed by atoms with Gasteiger partial charge in [0.25, 0.3) is 0 Å². The second-order valence-corrected chi connectivity index (χ2v) is 8.74. The van der Waals surface area contributed by atoms with E-state index in [9.17, 15) is 4.79 Å². The molecule has 0 fully saturated rings. The smallest absolute Gasteiger partial charge is 0.194 e. The zero-order chi connectivity index (χ0) is 23.3. The Hall–Kier alpha value is -3.66. The number of benzene rings is 4. The average Bonchev–Trinajstić information content (AvgIpc) is 3.23. The van der Waals surface area contributed by atoms with Gasteiger partial charge < -0.3 is 4.84 Å². The molecule has 0 aromatic heterocycles. The van der Waals surface area contributed by atoms with E-state index in [2.05, 4.69) is 24.3 Å². The van der Waals surface area contributed by atoms with Crippen molar-refractivity contribution in [2.45, 2.75) is 19.0 Å². The van der Waals surface area contributed by atoms with Gasteiger partial charge in [0.05, 0.1) is 12.1 Å². The Morgan fingerprint density at radius 1 is 0.735 bits per heavy atom. The van der Waals surface area contributed by atoms with Crippen LogP contribution in [0.4, 0.5) is 0 Å². The number of carbonyl (C=O) groups is 1. The molecule has 1 heterocycles. The number of carbonyl (C=O) groups excluding carboxylic acids is 1. The molecular weight excluding hydrogens is 442 g/mol. The molecule has 0 saturated heterocycles. The summed E-state index contributed by atoms with van der Waals surface area (Å²) in [6, 6.07) is 37.1. The molecule has 168 valence electrons. The average molecular weight is 466 g/mol. The van der Waals surface area contributed by atoms with Crippen molar-refractivity contribution in [3.05, 3.63) is 154 Å². The van der Waals surface area contributed by atoms with E-state index < -0.39 is 0 Å². The molecule has 0 radical (unpaired) electrons. The molecule has 1 aliphatic heterocycles. The van der Waals surface area contributed by atoms with Crippen LogP contribution < -0.4 is 0 Å². The fraction of sp³-hybridized carbons (Fsp3) is 0.100. The first-order valence-electron chi connectivity index (χ1n) is 11.3. The molecule has 5 rings (SSSR count). The van der Waals surface area contributed by atoms with Crippen molar-refractivity contribution >= 4 is 17.4 Å². The lowest BCUT2D eigenvalue weighted by Crippen LogP contribution is -2.25. The summed E-state index contributed by atoms with van der Waals surface area (Å²) in [6.45, 7) is 0.552. The van der Waals surface area contributed by atoms with Gasteiger partial charge >= 0.3 is 0 Å². The van der Waals surface area contributed by atoms with Gasteiger partial charge in [-0.15, -0.1) is 5.06 Å². The van der Waals surface area contributed by atoms with Crippen LogP contribution in [-0.2, 0) is 17.8 Å². The molecule has 0 aliphatic carbocycles. The topological polar surface area (TPSA) is 29.5 Å². The van der Waals surface area contributed by atoms with Crippen molar-refractivity contribution in [2.75, 3.05) is 0 Å². The highest BCUT2D eigenvalue weighted by atomic mass is 35.5. The summed E-state index contributed by atoms with van der Waals surface area (Å²) in [4.78, 5) is 20.4. The Bertz CT molecular complexity index is 1290. The summed E-state index contributed by atoms with van der Waals surface area (Å²) in [5.41, 5.74) is 4.47. The van der Waals surface area contributed by atoms with Gasteiger partial charge in [0, 0.05) is 17.0 Å². The third-order valence-electron chi connectivity index (χ3n) is 5.94. The van der Waals surface area contributed by atoms with Crippen molar-refractivity contribution in [3.8, 4) is 0 Å². The van der Waals surface area contributed by atoms with E-state index in [1.165, 1.54) is 0 Å². The number of halogens is 1. The number of Topliss-reactive ketones (excluding diaryl/α,β-unsaturated/α-hetero) is 1. The molecule has 0 bridgehead atoms. The molecule has 34 heavy (non-hydrogen) atoms. The molecule has 4 aromatic carbocycles. The van der Waals surface area contributed by atoms with E-state index in [1.807, 2.05) is 71.8 Å². The van der Waals surface area contributed by atoms with Crippen molar-refractivity contribution in [1.29, 1.82) is 0 Å². The number of rotatable bonds is 7. The van der Waals surface area contributed by atoms with Crippen LogP contribution in [0, 0.1) is 0 Å². The predicted molar refractivity (Wildman–Crippen MR) is 135 cm³/mol. The number of allylic oxidation sites excluding steroid dienone is 1. The quantitative estimate of drug-likeness (QED) is 0.270. The maximum atomic E-state index is 13.9. The zero-order valence-corrected chi connectivity index (χ0v) is 19.4. The van der Waals surface area contributed by atoms with Gasteiger partial charge in [0.15, 0.2) is 5.78 Å². The van der Waals surface area contributed by atoms with Crippen LogP contribution in [0.3, 0.4) is 0 Å². The minimum Gasteiger partial charge on any atom is -0.408 e. The molecule has 1 aliphatic rings. The summed E-state index contributed by atoms with van der Waals surface area (Å²) >= 11 is 6.09. The Morgan fingerprint density at radius 2 is 1.29 bits per heavy atom. The summed E-state index contributed by atoms with van der Waals surface area (Å²) in [5, 5.41) is 2.52. The second kappa shape index (κ2) is 10.1. The molecule has 3 nitrogen and oxygen atoms in total. The third kappa shape index (κ3) is 4.81. The summed E-state index contributed by atoms with van der Waals surface area (Å²) < 4.78 is 0. The number of nitrogens with zero attached hydrogens (tertiary/aromatic N) is 1. The Balaban J connectivity index is 1.61. The molecule has 1 atom stereocenters. The minimum absolute atomic E-state index is 0.0491. The molecule has 0 N–H and O–H groups in total. The van der Waals surface area contributed by atoms with E-state index >= 15 is 0 Å². The largest absolute Gasteiger partial charge is 0.408 e. The van der Waals surface area contributed by atoms with Crippen LogP contribution in [0.25, 0.3) is 0 Å². The van der Waals surface area contributed by atoms with Crippen LogP contribution in [-0.4, -0.2) is 10.8 Å². The Morgan fingerprint density at radius 3 is 1.91 bits per heavy atom. The highest BCUT2D eigenvalue weighted by molar-refractivity contribution is 6.30. The van der Waals surface area contributed by atoms with Crippen LogP contribution in [0.1, 0.15) is 33.1 Å². The van der Waals surface area contributed by atoms with E-state index in [4.69, 9.17) is 16.4 Å². The molecule has 0 spiro atoms. The number of hydrogen-bond donors (Lipinski definition) is 0. The standard InChI is InChI=1S/C30H24ClNO2/c31-26-18-16-25(17-19-26)30(33)28-27(20-22-10-4-1-5-11-22)34-32(21-23-12-6-2-7-13-23)29(28)24-14-8-3-9-15-24/h1-19,29H,20-21H2/t29-/m1/s1. The van der Waals surface area contributed by atoms with Gasteiger partial charge in [-0.25, -0.2) is 0 Å². The highest BCUT2D eigenvalue weighted by Crippen LogP contribution is 2.42. The molecule has 4 aromatic rings. The summed E-state index contributed by atoms with van der Waals surface area (Å²) in [5.74, 6) is 0.628. The van der Waals surface area contributed by atoms with Crippen LogP contribution in [0.15, 0.2) is 127 Å². The monoisotopic (exact) mass is 465 g/mol. The SMILES string of the molecule is O=C(C1=C(Cc2ccccc2)ON(Cc2ccccc2)[C@@H]1c1ccccc1)c1ccc(Cl)cc1. The van der Waals surface area contributed by atoms with E-state index in [-0.39, 0.29) is 11.8 Å². The van der Waals surface area contributed by atoms with Gasteiger partial charge in [-0.1, -0.05) is 103 Å². The van der Waals surface area contributed by atoms with Gasteiger partial charge in [0.2, 0.25) is 0 Å². The fourth-order valence-electron chi connectivity index (χ4n) is 4.31. The summed E-state index contributed by atoms with van der Waals surface area (Å²) in [7, 11) is 0. The van der Waals surface area contributed by atoms with E-state index in [0.717, 1.165) is 16.7 Å². The zero-order valence-electron chi connectivity index (χ0n) is 18.6. The first-order chi connectivity index (χ1) is 16.7. The van der Waals surface area contributed by atoms with E-state index in [0.29, 0.717) is 34.9 Å². The third-order valence-corrected chi connectivity index (χ3v) is 6.20. The van der Waals surface area contributed by atoms with E-state index in [1.54, 1.807) is 24.3 Å². The number of ketones is 1. The van der Waals surface area contributed by atoms with Gasteiger partial charge in [-0.3, -0.25) is 4.79 Å². The van der Waals surface area contributed by atoms with Crippen molar-refractivity contribution < 1.29 is 9.63 Å². The maximum absolute atomic E-state index is 13.9. The number of hydroxylamine groups is 2. The molecule has 0 unspecified atom stereocenters. The van der Waals surface area contributed by atoms with Crippen molar-refractivity contribution in [1.82, 2.24) is 5.06 Å². The Kier molecular flexibility index (Phi) is 6.57. The minimum atomic E-state index is -0.330. The lowest BCUT2D eigenvalue weighted by atomic mass is 9.90. The van der Waals surface area contributed by atoms with Crippen LogP contribution in [0.5, 0.6) is 0 Å². The number of hydrogen-bond acceptors (Lipinski definition) is 3. The van der Waals surface area contributed by atoms with Crippen molar-refractivity contribution in [2.24, 2.45) is 0 Å². The molecule has 4 heteroatoms. The maximum Gasteiger partial charge on any atom is 0.194 e. The van der Waals surface area contributed by atoms with Crippen LogP contribution in [0.2, 0.25) is 5.02 Å². The first-order valence-corrected chi connectivity index (χ1v) is 11.7. The molecule has 0 amide bonds. The second-order valence-electron chi connectivity index (χ2n) is 8.30. The van der Waals surface area contributed by atoms with Crippen LogP contribution >= 0.6 is 11.6 Å². The lowest BCUT2D eigenvalue weighted by Gasteiger charge is -2.25. The fourth-order valence-corrected chi connectivity index (χ4v) is 4.44. The molecular formula is C30H24ClNO2. The Labute approximate surface area is 204 Å². The van der Waals surface area contributed by atoms with Gasteiger partial charge in [-0.2, -0.15) is 0 Å².